The summed E-state index contributed by atoms with van der Waals surface area (Å²) >= 11 is 0. The van der Waals surface area contributed by atoms with Gasteiger partial charge in [-0.25, -0.2) is 4.39 Å². The van der Waals surface area contributed by atoms with E-state index in [0.717, 1.165) is 35.3 Å². The van der Waals surface area contributed by atoms with E-state index < -0.39 is 29.2 Å². The van der Waals surface area contributed by atoms with E-state index in [0.29, 0.717) is 44.6 Å². The molecule has 2 saturated heterocycles. The van der Waals surface area contributed by atoms with Gasteiger partial charge in [-0.05, 0) is 56.9 Å². The summed E-state index contributed by atoms with van der Waals surface area (Å²) in [5.41, 5.74) is 1.04. The van der Waals surface area contributed by atoms with E-state index in [1.165, 1.54) is 0 Å². The van der Waals surface area contributed by atoms with Crippen molar-refractivity contribution >= 4 is 23.2 Å². The molecule has 0 saturated carbocycles. The van der Waals surface area contributed by atoms with E-state index in [1.807, 2.05) is 60.4 Å². The lowest BCUT2D eigenvalue weighted by atomic mass is 9.71. The minimum atomic E-state index is -1.60. The number of piperidine rings is 1. The number of carbonyl (C=O) groups is 2. The molecule has 228 valence electrons. The van der Waals surface area contributed by atoms with Crippen LogP contribution >= 0.6 is 0 Å². The molecular formula is C33H40FN5O4. The highest BCUT2D eigenvalue weighted by Gasteiger charge is 2.66. The third kappa shape index (κ3) is 5.25. The normalized spacial score (nSPS) is 25.7. The van der Waals surface area contributed by atoms with Crippen molar-refractivity contribution in [1.82, 2.24) is 15.0 Å². The lowest BCUT2D eigenvalue weighted by Crippen LogP contribution is -2.45. The largest absolute Gasteiger partial charge is 0.396 e. The molecule has 2 aromatic carbocycles. The predicted molar refractivity (Wildman–Crippen MR) is 160 cm³/mol. The zero-order valence-corrected chi connectivity index (χ0v) is 25.1. The zero-order valence-electron chi connectivity index (χ0n) is 25.1. The fourth-order valence-corrected chi connectivity index (χ4v) is 7.45. The minimum absolute atomic E-state index is 0.0126. The van der Waals surface area contributed by atoms with Crippen LogP contribution in [0.2, 0.25) is 0 Å². The number of aromatic nitrogens is 3. The van der Waals surface area contributed by atoms with Gasteiger partial charge in [0.05, 0.1) is 24.0 Å². The van der Waals surface area contributed by atoms with Crippen molar-refractivity contribution < 1.29 is 23.8 Å². The van der Waals surface area contributed by atoms with Crippen LogP contribution in [0, 0.1) is 11.8 Å². The Bertz CT molecular complexity index is 1500. The number of alkyl halides is 1. The maximum Gasteiger partial charge on any atom is 0.264 e. The molecule has 0 aliphatic carbocycles. The van der Waals surface area contributed by atoms with Crippen LogP contribution in [0.3, 0.4) is 0 Å². The fourth-order valence-electron chi connectivity index (χ4n) is 7.45. The van der Waals surface area contributed by atoms with E-state index in [-0.39, 0.29) is 18.4 Å². The number of para-hydroxylation sites is 1. The van der Waals surface area contributed by atoms with Gasteiger partial charge in [-0.2, -0.15) is 0 Å². The molecule has 3 aliphatic heterocycles. The molecule has 0 unspecified atom stereocenters. The van der Waals surface area contributed by atoms with Crippen molar-refractivity contribution in [3.8, 4) is 0 Å². The number of anilines is 2. The van der Waals surface area contributed by atoms with Gasteiger partial charge in [0.1, 0.15) is 5.67 Å². The SMILES string of the molecule is C[C@@H]1[C@@H](C(C)(C)F)[C@H](CCn2cc(CCO)nn2)O[C@@]12C(=O)N(Cc1cccc(N3CCCCC3=O)c1)c1ccccc12. The Morgan fingerprint density at radius 2 is 1.95 bits per heavy atom. The van der Waals surface area contributed by atoms with Gasteiger partial charge >= 0.3 is 0 Å². The number of amides is 2. The first kappa shape index (κ1) is 29.4. The zero-order chi connectivity index (χ0) is 30.4. The molecule has 43 heavy (non-hydrogen) atoms. The molecule has 1 N–H and O–H groups in total. The number of carbonyl (C=O) groups excluding carboxylic acids is 2. The molecule has 9 nitrogen and oxygen atoms in total. The summed E-state index contributed by atoms with van der Waals surface area (Å²) in [5.74, 6) is -1.05. The molecular weight excluding hydrogens is 549 g/mol. The molecule has 0 bridgehead atoms. The van der Waals surface area contributed by atoms with E-state index in [4.69, 9.17) is 4.74 Å². The number of rotatable bonds is 9. The third-order valence-electron chi connectivity index (χ3n) is 9.35. The Morgan fingerprint density at radius 1 is 1.14 bits per heavy atom. The van der Waals surface area contributed by atoms with Crippen LogP contribution in [0.1, 0.15) is 63.3 Å². The average Bonchev–Trinajstić information content (AvgIpc) is 3.63. The predicted octanol–water partition coefficient (Wildman–Crippen LogP) is 4.56. The summed E-state index contributed by atoms with van der Waals surface area (Å²) in [6, 6.07) is 15.5. The molecule has 1 spiro atoms. The molecule has 10 heteroatoms. The first-order valence-electron chi connectivity index (χ1n) is 15.3. The number of aliphatic hydroxyl groups is 1. The lowest BCUT2D eigenvalue weighted by molar-refractivity contribution is -0.146. The van der Waals surface area contributed by atoms with Crippen LogP contribution in [0.25, 0.3) is 0 Å². The Balaban J connectivity index is 1.30. The summed E-state index contributed by atoms with van der Waals surface area (Å²) < 4.78 is 24.4. The van der Waals surface area contributed by atoms with Gasteiger partial charge in [-0.1, -0.05) is 42.5 Å². The van der Waals surface area contributed by atoms with Gasteiger partial charge in [0.25, 0.3) is 5.91 Å². The van der Waals surface area contributed by atoms with Gasteiger partial charge in [-0.3, -0.25) is 14.3 Å². The number of aliphatic hydroxyl groups excluding tert-OH is 1. The molecule has 6 rings (SSSR count). The second kappa shape index (κ2) is 11.5. The highest BCUT2D eigenvalue weighted by atomic mass is 19.1. The summed E-state index contributed by atoms with van der Waals surface area (Å²) in [7, 11) is 0. The summed E-state index contributed by atoms with van der Waals surface area (Å²) in [6.07, 6.45) is 4.55. The fraction of sp³-hybridized carbons (Fsp3) is 0.515. The smallest absolute Gasteiger partial charge is 0.264 e. The highest BCUT2D eigenvalue weighted by molar-refractivity contribution is 6.07. The number of fused-ring (bicyclic) bond motifs is 2. The number of hydrogen-bond donors (Lipinski definition) is 1. The van der Waals surface area contributed by atoms with Crippen molar-refractivity contribution in [1.29, 1.82) is 0 Å². The second-order valence-corrected chi connectivity index (χ2v) is 12.6. The molecule has 3 aliphatic rings. The standard InChI is InChI=1S/C33H40FN5O4/c1-22-30(32(2,3)34)28(14-17-37-21-24(15-18-40)35-36-37)43-33(22)26-11-4-5-12-27(26)39(31(33)42)20-23-9-8-10-25(19-23)38-16-7-6-13-29(38)41/h4-5,8-12,19,21-22,28,30,40H,6-7,13-18,20H2,1-3H3/t22-,28+,30-,33+/m1/s1. The maximum absolute atomic E-state index is 16.0. The monoisotopic (exact) mass is 589 g/mol. The summed E-state index contributed by atoms with van der Waals surface area (Å²) in [4.78, 5) is 30.7. The average molecular weight is 590 g/mol. The lowest BCUT2D eigenvalue weighted by Gasteiger charge is -2.32. The number of halogens is 1. The van der Waals surface area contributed by atoms with Crippen LogP contribution in [0.5, 0.6) is 0 Å². The van der Waals surface area contributed by atoms with Crippen molar-refractivity contribution in [3.63, 3.8) is 0 Å². The van der Waals surface area contributed by atoms with Gasteiger partial charge in [0, 0.05) is 61.8 Å². The second-order valence-electron chi connectivity index (χ2n) is 12.6. The molecule has 4 atom stereocenters. The maximum atomic E-state index is 16.0. The van der Waals surface area contributed by atoms with Crippen LogP contribution in [0.15, 0.2) is 54.7 Å². The molecule has 1 aromatic heterocycles. The Kier molecular flexibility index (Phi) is 7.85. The Morgan fingerprint density at radius 3 is 2.72 bits per heavy atom. The van der Waals surface area contributed by atoms with Gasteiger partial charge in [-0.15, -0.1) is 5.10 Å². The van der Waals surface area contributed by atoms with Gasteiger partial charge < -0.3 is 19.6 Å². The summed E-state index contributed by atoms with van der Waals surface area (Å²) in [5, 5.41) is 17.5. The van der Waals surface area contributed by atoms with Crippen molar-refractivity contribution in [3.05, 3.63) is 71.5 Å². The van der Waals surface area contributed by atoms with Gasteiger partial charge in [0.15, 0.2) is 5.60 Å². The van der Waals surface area contributed by atoms with Crippen molar-refractivity contribution in [2.75, 3.05) is 23.0 Å². The quantitative estimate of drug-likeness (QED) is 0.393. The van der Waals surface area contributed by atoms with E-state index in [1.54, 1.807) is 29.6 Å². The number of benzene rings is 2. The van der Waals surface area contributed by atoms with Crippen LogP contribution < -0.4 is 9.80 Å². The molecule has 0 radical (unpaired) electrons. The molecule has 2 fully saturated rings. The number of ether oxygens (including phenoxy) is 1. The third-order valence-corrected chi connectivity index (χ3v) is 9.35. The molecule has 3 aromatic rings. The number of hydrogen-bond acceptors (Lipinski definition) is 6. The van der Waals surface area contributed by atoms with E-state index in [9.17, 15) is 14.7 Å². The molecule has 2 amide bonds. The Hall–Kier alpha value is -3.63. The van der Waals surface area contributed by atoms with Crippen molar-refractivity contribution in [2.45, 2.75) is 83.3 Å². The first-order valence-corrected chi connectivity index (χ1v) is 15.3. The number of nitrogens with zero attached hydrogens (tertiary/aromatic N) is 5. The summed E-state index contributed by atoms with van der Waals surface area (Å²) in [6.45, 7) is 6.50. The van der Waals surface area contributed by atoms with E-state index in [2.05, 4.69) is 10.3 Å². The van der Waals surface area contributed by atoms with Crippen LogP contribution in [-0.4, -0.2) is 56.8 Å². The Labute approximate surface area is 251 Å². The van der Waals surface area contributed by atoms with Gasteiger partial charge in [0.2, 0.25) is 5.91 Å². The molecule has 4 heterocycles. The topological polar surface area (TPSA) is 101 Å². The number of aryl methyl sites for hydroxylation is 1. The van der Waals surface area contributed by atoms with Crippen LogP contribution in [0.4, 0.5) is 15.8 Å². The highest BCUT2D eigenvalue weighted by Crippen LogP contribution is 2.58. The van der Waals surface area contributed by atoms with Crippen LogP contribution in [-0.2, 0) is 39.4 Å². The van der Waals surface area contributed by atoms with Crippen molar-refractivity contribution in [2.24, 2.45) is 11.8 Å². The first-order chi connectivity index (χ1) is 20.6. The van der Waals surface area contributed by atoms with E-state index >= 15 is 4.39 Å². The minimum Gasteiger partial charge on any atom is -0.396 e.